The minimum absolute atomic E-state index is 0.00291. The van der Waals surface area contributed by atoms with Crippen LogP contribution in [0.3, 0.4) is 0 Å². The number of non-ortho nitro benzene ring substituents is 1. The van der Waals surface area contributed by atoms with Crippen LogP contribution in [0.5, 0.6) is 0 Å². The average molecular weight is 388 g/mol. The molecule has 2 aromatic rings. The van der Waals surface area contributed by atoms with Crippen molar-refractivity contribution in [1.29, 1.82) is 0 Å². The number of carbonyl (C=O) groups is 1. The summed E-state index contributed by atoms with van der Waals surface area (Å²) in [6.45, 7) is 1.88. The van der Waals surface area contributed by atoms with Gasteiger partial charge in [0, 0.05) is 21.3 Å². The number of nitro benzene ring substituents is 1. The first-order valence-electron chi connectivity index (χ1n) is 5.56. The molecule has 1 N–H and O–H groups in total. The van der Waals surface area contributed by atoms with Gasteiger partial charge in [0.25, 0.3) is 5.69 Å². The lowest BCUT2D eigenvalue weighted by atomic mass is 10.1. The van der Waals surface area contributed by atoms with Crippen molar-refractivity contribution in [1.82, 2.24) is 15.4 Å². The number of rotatable bonds is 4. The van der Waals surface area contributed by atoms with Crippen molar-refractivity contribution >= 4 is 34.2 Å². The fraction of sp³-hybridized carbons (Fsp3) is 0.182. The second-order valence-corrected chi connectivity index (χ2v) is 4.94. The molecule has 1 aromatic heterocycles. The molecule has 0 atom stereocenters. The maximum atomic E-state index is 11.7. The van der Waals surface area contributed by atoms with Crippen LogP contribution in [0.1, 0.15) is 17.4 Å². The Morgan fingerprint density at radius 1 is 1.45 bits per heavy atom. The molecule has 0 saturated carbocycles. The number of benzene rings is 1. The number of halogens is 1. The van der Waals surface area contributed by atoms with Crippen LogP contribution in [0.4, 0.5) is 5.69 Å². The van der Waals surface area contributed by atoms with Crippen molar-refractivity contribution in [2.24, 2.45) is 0 Å². The molecule has 0 fully saturated rings. The molecule has 0 amide bonds. The van der Waals surface area contributed by atoms with E-state index in [1.165, 1.54) is 12.1 Å². The minimum Gasteiger partial charge on any atom is -0.461 e. The van der Waals surface area contributed by atoms with Gasteiger partial charge in [-0.15, -0.1) is 5.10 Å². The smallest absolute Gasteiger partial charge is 0.361 e. The number of aromatic amines is 1. The van der Waals surface area contributed by atoms with Gasteiger partial charge in [-0.05, 0) is 35.6 Å². The van der Waals surface area contributed by atoms with Crippen LogP contribution in [0.15, 0.2) is 18.2 Å². The molecule has 0 radical (unpaired) electrons. The molecular formula is C11H9IN4O4. The first-order valence-corrected chi connectivity index (χ1v) is 6.64. The van der Waals surface area contributed by atoms with Gasteiger partial charge in [0.1, 0.15) is 5.69 Å². The second kappa shape index (κ2) is 5.94. The third-order valence-corrected chi connectivity index (χ3v) is 3.01. The Kier molecular flexibility index (Phi) is 4.27. The van der Waals surface area contributed by atoms with Crippen molar-refractivity contribution in [2.45, 2.75) is 6.92 Å². The molecule has 0 unspecified atom stereocenters. The summed E-state index contributed by atoms with van der Waals surface area (Å²) in [6.07, 6.45) is 0. The summed E-state index contributed by atoms with van der Waals surface area (Å²) in [5.41, 5.74) is 0.582. The Hall–Kier alpha value is -2.04. The lowest BCUT2D eigenvalue weighted by Gasteiger charge is -2.02. The topological polar surface area (TPSA) is 111 Å². The number of nitrogens with zero attached hydrogens (tertiary/aromatic N) is 3. The quantitative estimate of drug-likeness (QED) is 0.372. The number of aromatic nitrogens is 3. The van der Waals surface area contributed by atoms with E-state index in [2.05, 4.69) is 15.4 Å². The van der Waals surface area contributed by atoms with Crippen LogP contribution < -0.4 is 0 Å². The fourth-order valence-corrected chi connectivity index (χ4v) is 2.24. The first-order chi connectivity index (χ1) is 9.52. The molecule has 0 aliphatic rings. The van der Waals surface area contributed by atoms with Gasteiger partial charge in [-0.1, -0.05) is 0 Å². The highest BCUT2D eigenvalue weighted by atomic mass is 127. The maximum Gasteiger partial charge on any atom is 0.361 e. The molecule has 9 heteroatoms. The molecule has 0 aliphatic heterocycles. The molecule has 2 rings (SSSR count). The van der Waals surface area contributed by atoms with Crippen LogP contribution in [0, 0.1) is 13.7 Å². The van der Waals surface area contributed by atoms with E-state index in [4.69, 9.17) is 4.74 Å². The first kappa shape index (κ1) is 14.4. The number of nitrogens with one attached hydrogen (secondary N) is 1. The number of ether oxygens (including phenoxy) is 1. The number of nitro groups is 1. The zero-order valence-corrected chi connectivity index (χ0v) is 12.4. The fourth-order valence-electron chi connectivity index (χ4n) is 1.59. The van der Waals surface area contributed by atoms with Crippen LogP contribution >= 0.6 is 22.6 Å². The van der Waals surface area contributed by atoms with Crippen LogP contribution in [-0.4, -0.2) is 32.9 Å². The van der Waals surface area contributed by atoms with Gasteiger partial charge in [0.15, 0.2) is 5.69 Å². The highest BCUT2D eigenvalue weighted by molar-refractivity contribution is 14.1. The van der Waals surface area contributed by atoms with Crippen molar-refractivity contribution in [3.05, 3.63) is 37.6 Å². The van der Waals surface area contributed by atoms with Crippen LogP contribution in [-0.2, 0) is 4.74 Å². The van der Waals surface area contributed by atoms with E-state index in [9.17, 15) is 14.9 Å². The largest absolute Gasteiger partial charge is 0.461 e. The van der Waals surface area contributed by atoms with Gasteiger partial charge >= 0.3 is 5.97 Å². The van der Waals surface area contributed by atoms with Gasteiger partial charge in [0.2, 0.25) is 0 Å². The van der Waals surface area contributed by atoms with E-state index < -0.39 is 10.9 Å². The molecule has 0 bridgehead atoms. The van der Waals surface area contributed by atoms with Gasteiger partial charge in [0.05, 0.1) is 11.5 Å². The number of hydrogen-bond acceptors (Lipinski definition) is 6. The predicted molar refractivity (Wildman–Crippen MR) is 77.1 cm³/mol. The van der Waals surface area contributed by atoms with E-state index in [0.29, 0.717) is 9.13 Å². The third-order valence-electron chi connectivity index (χ3n) is 2.38. The molecule has 0 aliphatic carbocycles. The van der Waals surface area contributed by atoms with Crippen molar-refractivity contribution in [3.8, 4) is 11.3 Å². The number of carbonyl (C=O) groups excluding carboxylic acids is 1. The summed E-state index contributed by atoms with van der Waals surface area (Å²) in [5.74, 6) is -0.627. The summed E-state index contributed by atoms with van der Waals surface area (Å²) < 4.78 is 5.52. The molecule has 0 saturated heterocycles. The highest BCUT2D eigenvalue weighted by Crippen LogP contribution is 2.27. The molecule has 8 nitrogen and oxygen atoms in total. The Labute approximate surface area is 126 Å². The van der Waals surface area contributed by atoms with Gasteiger partial charge in [-0.2, -0.15) is 10.3 Å². The second-order valence-electron chi connectivity index (χ2n) is 3.70. The highest BCUT2D eigenvalue weighted by Gasteiger charge is 2.21. The monoisotopic (exact) mass is 388 g/mol. The summed E-state index contributed by atoms with van der Waals surface area (Å²) in [7, 11) is 0. The Bertz CT molecular complexity index is 670. The van der Waals surface area contributed by atoms with E-state index in [1.807, 2.05) is 22.6 Å². The normalized spacial score (nSPS) is 10.3. The van der Waals surface area contributed by atoms with E-state index in [0.717, 1.165) is 0 Å². The summed E-state index contributed by atoms with van der Waals surface area (Å²) >= 11 is 1.96. The lowest BCUT2D eigenvalue weighted by Crippen LogP contribution is -2.07. The Morgan fingerprint density at radius 2 is 2.20 bits per heavy atom. The molecule has 1 aromatic carbocycles. The predicted octanol–water partition coefficient (Wildman–Crippen LogP) is 2.16. The number of hydrogen-bond donors (Lipinski definition) is 1. The van der Waals surface area contributed by atoms with Crippen molar-refractivity contribution in [3.63, 3.8) is 0 Å². The summed E-state index contributed by atoms with van der Waals surface area (Å²) in [6, 6.07) is 4.44. The zero-order chi connectivity index (χ0) is 14.7. The van der Waals surface area contributed by atoms with Gasteiger partial charge in [-0.3, -0.25) is 10.1 Å². The molecular weight excluding hydrogens is 379 g/mol. The van der Waals surface area contributed by atoms with E-state index in [1.54, 1.807) is 13.0 Å². The minimum atomic E-state index is -0.627. The average Bonchev–Trinajstić information content (AvgIpc) is 2.87. The van der Waals surface area contributed by atoms with E-state index in [-0.39, 0.29) is 23.7 Å². The third kappa shape index (κ3) is 2.92. The Balaban J connectivity index is 2.50. The molecule has 0 spiro atoms. The maximum absolute atomic E-state index is 11.7. The zero-order valence-electron chi connectivity index (χ0n) is 10.3. The molecule has 104 valence electrons. The van der Waals surface area contributed by atoms with E-state index >= 15 is 0 Å². The molecule has 1 heterocycles. The summed E-state index contributed by atoms with van der Waals surface area (Å²) in [5, 5.41) is 20.8. The van der Waals surface area contributed by atoms with Gasteiger partial charge in [-0.25, -0.2) is 4.79 Å². The number of H-pyrrole nitrogens is 1. The molecule has 20 heavy (non-hydrogen) atoms. The van der Waals surface area contributed by atoms with Crippen LogP contribution in [0.25, 0.3) is 11.3 Å². The lowest BCUT2D eigenvalue weighted by molar-refractivity contribution is -0.384. The van der Waals surface area contributed by atoms with Crippen molar-refractivity contribution < 1.29 is 14.5 Å². The summed E-state index contributed by atoms with van der Waals surface area (Å²) in [4.78, 5) is 22.1. The van der Waals surface area contributed by atoms with Crippen molar-refractivity contribution in [2.75, 3.05) is 6.61 Å². The number of esters is 1. The standard InChI is InChI=1S/C11H9IN4O4/c1-2-20-11(17)10-9(13-15-14-10)6-3-7(12)5-8(4-6)16(18)19/h3-5H,2H2,1H3,(H,13,14,15). The van der Waals surface area contributed by atoms with Crippen LogP contribution in [0.2, 0.25) is 0 Å². The van der Waals surface area contributed by atoms with Gasteiger partial charge < -0.3 is 4.74 Å². The SMILES string of the molecule is CCOC(=O)c1n[nH]nc1-c1cc(I)cc([N+](=O)[O-])c1. The Morgan fingerprint density at radius 3 is 2.85 bits per heavy atom.